The molecule has 0 unspecified atom stereocenters. The first kappa shape index (κ1) is 17.6. The second kappa shape index (κ2) is 8.74. The fraction of sp³-hybridized carbons (Fsp3) is 0.294. The first-order chi connectivity index (χ1) is 11.0. The summed E-state index contributed by atoms with van der Waals surface area (Å²) in [7, 11) is 0. The van der Waals surface area contributed by atoms with Crippen LogP contribution in [0.2, 0.25) is 0 Å². The van der Waals surface area contributed by atoms with Gasteiger partial charge in [0.15, 0.2) is 6.61 Å². The molecule has 1 aromatic carbocycles. The minimum atomic E-state index is -0.373. The number of hydrogen-bond acceptors (Lipinski definition) is 5. The molecule has 0 atom stereocenters. The van der Waals surface area contributed by atoms with Gasteiger partial charge in [0.05, 0.1) is 5.75 Å². The van der Waals surface area contributed by atoms with Crippen LogP contribution in [0.25, 0.3) is 0 Å². The van der Waals surface area contributed by atoms with Gasteiger partial charge in [0, 0.05) is 16.3 Å². The molecule has 1 amide bonds. The summed E-state index contributed by atoms with van der Waals surface area (Å²) >= 11 is 3.14. The lowest BCUT2D eigenvalue weighted by atomic mass is 10.1. The molecule has 4 nitrogen and oxygen atoms in total. The predicted octanol–water partition coefficient (Wildman–Crippen LogP) is 3.78. The van der Waals surface area contributed by atoms with Crippen molar-refractivity contribution in [1.29, 1.82) is 0 Å². The van der Waals surface area contributed by atoms with Crippen LogP contribution >= 0.6 is 23.1 Å². The molecule has 1 aromatic heterocycles. The lowest BCUT2D eigenvalue weighted by Gasteiger charge is -2.08. The standard InChI is InChI=1S/C17H19NO3S2/c1-12-6-13(2)8-14(7-12)18-16(19)9-21-17(20)11-22-10-15-4-3-5-23-15/h3-8H,9-11H2,1-2H3,(H,18,19). The van der Waals surface area contributed by atoms with Gasteiger partial charge in [-0.15, -0.1) is 23.1 Å². The maximum atomic E-state index is 11.8. The first-order valence-corrected chi connectivity index (χ1v) is 9.20. The number of carbonyl (C=O) groups is 2. The highest BCUT2D eigenvalue weighted by Gasteiger charge is 2.09. The van der Waals surface area contributed by atoms with Gasteiger partial charge >= 0.3 is 5.97 Å². The molecule has 0 aliphatic rings. The third-order valence-corrected chi connectivity index (χ3v) is 4.93. The molecule has 0 aliphatic heterocycles. The Kier molecular flexibility index (Phi) is 6.67. The largest absolute Gasteiger partial charge is 0.455 e. The van der Waals surface area contributed by atoms with E-state index in [2.05, 4.69) is 5.32 Å². The predicted molar refractivity (Wildman–Crippen MR) is 96.0 cm³/mol. The van der Waals surface area contributed by atoms with Crippen LogP contribution in [0.5, 0.6) is 0 Å². The summed E-state index contributed by atoms with van der Waals surface area (Å²) in [6.07, 6.45) is 0. The van der Waals surface area contributed by atoms with E-state index in [9.17, 15) is 9.59 Å². The molecule has 1 N–H and O–H groups in total. The van der Waals surface area contributed by atoms with E-state index in [-0.39, 0.29) is 24.2 Å². The highest BCUT2D eigenvalue weighted by atomic mass is 32.2. The Bertz CT molecular complexity index is 648. The molecule has 1 heterocycles. The lowest BCUT2D eigenvalue weighted by molar-refractivity contribution is -0.144. The summed E-state index contributed by atoms with van der Waals surface area (Å²) in [5.74, 6) is 0.324. The van der Waals surface area contributed by atoms with Crippen LogP contribution in [0.4, 0.5) is 5.69 Å². The van der Waals surface area contributed by atoms with Crippen LogP contribution in [0, 0.1) is 13.8 Å². The van der Waals surface area contributed by atoms with Gasteiger partial charge < -0.3 is 10.1 Å². The average molecular weight is 349 g/mol. The van der Waals surface area contributed by atoms with Crippen molar-refractivity contribution in [3.05, 3.63) is 51.7 Å². The minimum absolute atomic E-state index is 0.245. The number of thioether (sulfide) groups is 1. The van der Waals surface area contributed by atoms with Gasteiger partial charge in [-0.2, -0.15) is 0 Å². The Morgan fingerprint density at radius 2 is 1.96 bits per heavy atom. The van der Waals surface area contributed by atoms with E-state index in [4.69, 9.17) is 4.74 Å². The van der Waals surface area contributed by atoms with Crippen LogP contribution < -0.4 is 5.32 Å². The second-order valence-electron chi connectivity index (χ2n) is 5.16. The van der Waals surface area contributed by atoms with E-state index >= 15 is 0 Å². The van der Waals surface area contributed by atoms with Gasteiger partial charge in [-0.1, -0.05) is 12.1 Å². The van der Waals surface area contributed by atoms with Gasteiger partial charge in [0.25, 0.3) is 5.91 Å². The van der Waals surface area contributed by atoms with E-state index in [1.165, 1.54) is 16.6 Å². The zero-order valence-electron chi connectivity index (χ0n) is 13.1. The number of carbonyl (C=O) groups excluding carboxylic acids is 2. The molecule has 0 fully saturated rings. The molecule has 6 heteroatoms. The Labute approximate surface area is 144 Å². The van der Waals surface area contributed by atoms with Crippen molar-refractivity contribution in [2.24, 2.45) is 0 Å². The van der Waals surface area contributed by atoms with Crippen molar-refractivity contribution < 1.29 is 14.3 Å². The minimum Gasteiger partial charge on any atom is -0.455 e. The number of amides is 1. The smallest absolute Gasteiger partial charge is 0.316 e. The van der Waals surface area contributed by atoms with Crippen molar-refractivity contribution in [3.63, 3.8) is 0 Å². The highest BCUT2D eigenvalue weighted by molar-refractivity contribution is 7.99. The first-order valence-electron chi connectivity index (χ1n) is 7.17. The summed E-state index contributed by atoms with van der Waals surface area (Å²) < 4.78 is 4.99. The van der Waals surface area contributed by atoms with Crippen LogP contribution in [0.1, 0.15) is 16.0 Å². The van der Waals surface area contributed by atoms with Crippen molar-refractivity contribution in [2.45, 2.75) is 19.6 Å². The number of aryl methyl sites for hydroxylation is 2. The summed E-state index contributed by atoms with van der Waals surface area (Å²) in [6.45, 7) is 3.67. The molecule has 0 saturated heterocycles. The molecular formula is C17H19NO3S2. The van der Waals surface area contributed by atoms with Crippen LogP contribution in [0.15, 0.2) is 35.7 Å². The second-order valence-corrected chi connectivity index (χ2v) is 7.18. The van der Waals surface area contributed by atoms with Gasteiger partial charge in [0.2, 0.25) is 0 Å². The topological polar surface area (TPSA) is 55.4 Å². The molecule has 0 saturated carbocycles. The van der Waals surface area contributed by atoms with Gasteiger partial charge in [0.1, 0.15) is 0 Å². The summed E-state index contributed by atoms with van der Waals surface area (Å²) in [5.41, 5.74) is 2.86. The SMILES string of the molecule is Cc1cc(C)cc(NC(=O)COC(=O)CSCc2cccs2)c1. The fourth-order valence-corrected chi connectivity index (χ4v) is 3.72. The number of ether oxygens (including phenoxy) is 1. The van der Waals surface area contributed by atoms with E-state index in [1.807, 2.05) is 49.6 Å². The fourth-order valence-electron chi connectivity index (χ4n) is 2.06. The Morgan fingerprint density at radius 3 is 2.61 bits per heavy atom. The van der Waals surface area contributed by atoms with E-state index < -0.39 is 0 Å². The number of nitrogens with one attached hydrogen (secondary N) is 1. The highest BCUT2D eigenvalue weighted by Crippen LogP contribution is 2.17. The lowest BCUT2D eigenvalue weighted by Crippen LogP contribution is -2.21. The number of hydrogen-bond donors (Lipinski definition) is 1. The number of anilines is 1. The molecule has 23 heavy (non-hydrogen) atoms. The monoisotopic (exact) mass is 349 g/mol. The van der Waals surface area contributed by atoms with E-state index in [0.29, 0.717) is 0 Å². The number of esters is 1. The third kappa shape index (κ3) is 6.46. The van der Waals surface area contributed by atoms with Gasteiger partial charge in [-0.25, -0.2) is 0 Å². The van der Waals surface area contributed by atoms with E-state index in [1.54, 1.807) is 11.3 Å². The van der Waals surface area contributed by atoms with Crippen molar-refractivity contribution in [1.82, 2.24) is 0 Å². The maximum absolute atomic E-state index is 11.8. The Morgan fingerprint density at radius 1 is 1.22 bits per heavy atom. The molecule has 0 aliphatic carbocycles. The normalized spacial score (nSPS) is 10.3. The molecule has 2 rings (SSSR count). The zero-order chi connectivity index (χ0) is 16.7. The van der Waals surface area contributed by atoms with Gasteiger partial charge in [-0.05, 0) is 48.6 Å². The molecule has 2 aromatic rings. The molecule has 0 bridgehead atoms. The van der Waals surface area contributed by atoms with Crippen molar-refractivity contribution >= 4 is 40.7 Å². The Hall–Kier alpha value is -1.79. The van der Waals surface area contributed by atoms with Crippen LogP contribution in [-0.2, 0) is 20.1 Å². The van der Waals surface area contributed by atoms with Crippen molar-refractivity contribution in [2.75, 3.05) is 17.7 Å². The number of thiophene rings is 1. The van der Waals surface area contributed by atoms with Crippen molar-refractivity contribution in [3.8, 4) is 0 Å². The third-order valence-electron chi connectivity index (χ3n) is 2.91. The quantitative estimate of drug-likeness (QED) is 0.773. The van der Waals surface area contributed by atoms with E-state index in [0.717, 1.165) is 22.6 Å². The van der Waals surface area contributed by atoms with Crippen LogP contribution in [-0.4, -0.2) is 24.2 Å². The Balaban J connectivity index is 1.68. The summed E-state index contributed by atoms with van der Waals surface area (Å²) in [6, 6.07) is 9.80. The summed E-state index contributed by atoms with van der Waals surface area (Å²) in [4.78, 5) is 24.6. The number of benzene rings is 1. The molecular weight excluding hydrogens is 330 g/mol. The molecule has 0 radical (unpaired) electrons. The maximum Gasteiger partial charge on any atom is 0.316 e. The molecule has 122 valence electrons. The number of rotatable bonds is 7. The van der Waals surface area contributed by atoms with Crippen LogP contribution in [0.3, 0.4) is 0 Å². The zero-order valence-corrected chi connectivity index (χ0v) is 14.8. The average Bonchev–Trinajstić information content (AvgIpc) is 2.97. The summed E-state index contributed by atoms with van der Waals surface area (Å²) in [5, 5.41) is 4.74. The molecule has 0 spiro atoms. The van der Waals surface area contributed by atoms with Gasteiger partial charge in [-0.3, -0.25) is 9.59 Å².